The lowest BCUT2D eigenvalue weighted by Gasteiger charge is -2.26. The van der Waals surface area contributed by atoms with Gasteiger partial charge in [0.2, 0.25) is 5.13 Å². The number of hydrogen-bond donors (Lipinski definition) is 2. The zero-order chi connectivity index (χ0) is 12.8. The molecule has 0 radical (unpaired) electrons. The molecule has 0 aromatic carbocycles. The molecule has 0 aliphatic carbocycles. The first-order chi connectivity index (χ1) is 8.04. The summed E-state index contributed by atoms with van der Waals surface area (Å²) in [5.74, 6) is -0.943. The molecule has 9 heteroatoms. The Morgan fingerprint density at radius 2 is 2.29 bits per heavy atom. The minimum Gasteiger partial charge on any atom is -0.481 e. The molecule has 8 nitrogen and oxygen atoms in total. The first-order valence-electron chi connectivity index (χ1n) is 4.99. The molecule has 94 valence electrons. The van der Waals surface area contributed by atoms with Crippen molar-refractivity contribution in [3.63, 3.8) is 0 Å². The molecule has 1 aromatic heterocycles. The molecule has 0 spiro atoms. The van der Waals surface area contributed by atoms with Crippen molar-refractivity contribution >= 4 is 28.7 Å². The number of carbonyl (C=O) groups excluding carboxylic acids is 1. The quantitative estimate of drug-likeness (QED) is 0.803. The number of carbonyl (C=O) groups is 2. The van der Waals surface area contributed by atoms with Crippen LogP contribution < -0.4 is 5.32 Å². The van der Waals surface area contributed by atoms with E-state index in [-0.39, 0.29) is 11.6 Å². The molecule has 0 aliphatic rings. The van der Waals surface area contributed by atoms with Gasteiger partial charge in [0, 0.05) is 24.1 Å². The lowest BCUT2D eigenvalue weighted by atomic mass is 10.2. The second-order valence-electron chi connectivity index (χ2n) is 3.33. The summed E-state index contributed by atoms with van der Waals surface area (Å²) in [6, 6.07) is -0.793. The van der Waals surface area contributed by atoms with Crippen molar-refractivity contribution in [1.82, 2.24) is 19.7 Å². The van der Waals surface area contributed by atoms with Crippen LogP contribution in [0, 0.1) is 0 Å². The molecule has 1 unspecified atom stereocenters. The normalized spacial score (nSPS) is 11.9. The molecule has 1 aromatic rings. The average Bonchev–Trinajstić information content (AvgIpc) is 2.70. The fourth-order valence-electron chi connectivity index (χ4n) is 1.36. The Kier molecular flexibility index (Phi) is 4.76. The Morgan fingerprint density at radius 3 is 2.76 bits per heavy atom. The highest BCUT2D eigenvalue weighted by Gasteiger charge is 2.21. The summed E-state index contributed by atoms with van der Waals surface area (Å²) in [4.78, 5) is 23.8. The van der Waals surface area contributed by atoms with Crippen LogP contribution in [0.25, 0.3) is 0 Å². The summed E-state index contributed by atoms with van der Waals surface area (Å²) >= 11 is 0.958. The molecule has 0 aliphatic heterocycles. The van der Waals surface area contributed by atoms with E-state index in [0.717, 1.165) is 11.5 Å². The predicted octanol–water partition coefficient (Wildman–Crippen LogP) is 0.650. The first kappa shape index (κ1) is 13.3. The molecule has 0 saturated heterocycles. The van der Waals surface area contributed by atoms with Crippen molar-refractivity contribution in [3.8, 4) is 0 Å². The number of aliphatic carboxylic acids is 1. The third-order valence-corrected chi connectivity index (χ3v) is 2.63. The van der Waals surface area contributed by atoms with Crippen molar-refractivity contribution in [2.75, 3.05) is 11.9 Å². The largest absolute Gasteiger partial charge is 0.481 e. The van der Waals surface area contributed by atoms with Crippen LogP contribution in [0.1, 0.15) is 20.3 Å². The molecule has 1 rings (SSSR count). The van der Waals surface area contributed by atoms with Gasteiger partial charge in [-0.2, -0.15) is 0 Å². The summed E-state index contributed by atoms with van der Waals surface area (Å²) in [6.45, 7) is 3.86. The number of amides is 2. The molecular formula is C8H13N5O3S. The molecule has 1 heterocycles. The fourth-order valence-corrected chi connectivity index (χ4v) is 1.72. The highest BCUT2D eigenvalue weighted by Crippen LogP contribution is 2.10. The highest BCUT2D eigenvalue weighted by molar-refractivity contribution is 7.09. The third-order valence-electron chi connectivity index (χ3n) is 2.12. The number of urea groups is 1. The molecular weight excluding hydrogens is 246 g/mol. The second-order valence-corrected chi connectivity index (χ2v) is 4.06. The van der Waals surface area contributed by atoms with Gasteiger partial charge in [-0.15, -0.1) is 0 Å². The standard InChI is InChI=1S/C8H13N5O3S/c1-3-13(5(2)4-6(14)15)8(16)9-7-10-11-12-17-7/h5H,3-4H2,1-2H3,(H,14,15)(H,9,10,12,16). The monoisotopic (exact) mass is 259 g/mol. The van der Waals surface area contributed by atoms with Gasteiger partial charge in [-0.1, -0.05) is 9.59 Å². The maximum Gasteiger partial charge on any atom is 0.323 e. The SMILES string of the molecule is CCN(C(=O)Nc1nnns1)C(C)CC(=O)O. The Balaban J connectivity index is 2.60. The lowest BCUT2D eigenvalue weighted by Crippen LogP contribution is -2.42. The Bertz CT molecular complexity index is 383. The minimum atomic E-state index is -0.943. The van der Waals surface area contributed by atoms with Gasteiger partial charge in [0.15, 0.2) is 0 Å². The number of hydrogen-bond acceptors (Lipinski definition) is 6. The number of nitrogens with zero attached hydrogens (tertiary/aromatic N) is 4. The van der Waals surface area contributed by atoms with Crippen LogP contribution in [0.3, 0.4) is 0 Å². The van der Waals surface area contributed by atoms with Crippen LogP contribution in [0.5, 0.6) is 0 Å². The Labute approximate surface area is 102 Å². The number of carboxylic acids is 1. The topological polar surface area (TPSA) is 108 Å². The number of aromatic nitrogens is 3. The van der Waals surface area contributed by atoms with Gasteiger partial charge in [-0.05, 0) is 19.1 Å². The van der Waals surface area contributed by atoms with Crippen LogP contribution in [-0.2, 0) is 4.79 Å². The van der Waals surface area contributed by atoms with E-state index < -0.39 is 18.0 Å². The van der Waals surface area contributed by atoms with E-state index in [2.05, 4.69) is 20.1 Å². The maximum absolute atomic E-state index is 11.8. The minimum absolute atomic E-state index is 0.102. The van der Waals surface area contributed by atoms with Gasteiger partial charge < -0.3 is 10.0 Å². The van der Waals surface area contributed by atoms with Gasteiger partial charge in [0.05, 0.1) is 6.42 Å². The maximum atomic E-state index is 11.8. The van der Waals surface area contributed by atoms with Crippen LogP contribution in [0.4, 0.5) is 9.93 Å². The summed E-state index contributed by atoms with van der Waals surface area (Å²) in [5, 5.41) is 18.4. The second kappa shape index (κ2) is 6.09. The van der Waals surface area contributed by atoms with Crippen LogP contribution in [0.15, 0.2) is 0 Å². The summed E-state index contributed by atoms with van der Waals surface area (Å²) < 4.78 is 3.51. The predicted molar refractivity (Wildman–Crippen MR) is 60.8 cm³/mol. The molecule has 2 amide bonds. The summed E-state index contributed by atoms with van der Waals surface area (Å²) in [5.41, 5.74) is 0. The van der Waals surface area contributed by atoms with E-state index in [0.29, 0.717) is 6.54 Å². The number of rotatable bonds is 5. The Hall–Kier alpha value is -1.77. The number of nitrogens with one attached hydrogen (secondary N) is 1. The zero-order valence-electron chi connectivity index (χ0n) is 9.45. The van der Waals surface area contributed by atoms with Gasteiger partial charge >= 0.3 is 12.0 Å². The van der Waals surface area contributed by atoms with E-state index in [9.17, 15) is 9.59 Å². The van der Waals surface area contributed by atoms with E-state index in [1.807, 2.05) is 0 Å². The van der Waals surface area contributed by atoms with Crippen molar-refractivity contribution < 1.29 is 14.7 Å². The summed E-state index contributed by atoms with van der Waals surface area (Å²) in [7, 11) is 0. The number of anilines is 1. The van der Waals surface area contributed by atoms with Gasteiger partial charge in [-0.25, -0.2) is 4.79 Å². The van der Waals surface area contributed by atoms with Crippen molar-refractivity contribution in [3.05, 3.63) is 0 Å². The third kappa shape index (κ3) is 3.94. The molecule has 0 fully saturated rings. The fraction of sp³-hybridized carbons (Fsp3) is 0.625. The lowest BCUT2D eigenvalue weighted by molar-refractivity contribution is -0.137. The molecule has 17 heavy (non-hydrogen) atoms. The Morgan fingerprint density at radius 1 is 1.59 bits per heavy atom. The first-order valence-corrected chi connectivity index (χ1v) is 5.76. The summed E-state index contributed by atoms with van der Waals surface area (Å²) in [6.07, 6.45) is -0.102. The van der Waals surface area contributed by atoms with Gasteiger partial charge in [0.25, 0.3) is 0 Å². The molecule has 1 atom stereocenters. The van der Waals surface area contributed by atoms with Crippen molar-refractivity contribution in [2.45, 2.75) is 26.3 Å². The van der Waals surface area contributed by atoms with E-state index in [1.54, 1.807) is 13.8 Å². The van der Waals surface area contributed by atoms with Gasteiger partial charge in [-0.3, -0.25) is 10.1 Å². The number of carboxylic acid groups (broad SMARTS) is 1. The van der Waals surface area contributed by atoms with Crippen LogP contribution >= 0.6 is 11.5 Å². The smallest absolute Gasteiger partial charge is 0.323 e. The zero-order valence-corrected chi connectivity index (χ0v) is 10.3. The van der Waals surface area contributed by atoms with E-state index in [4.69, 9.17) is 5.11 Å². The van der Waals surface area contributed by atoms with Crippen molar-refractivity contribution in [2.24, 2.45) is 0 Å². The average molecular weight is 259 g/mol. The van der Waals surface area contributed by atoms with E-state index >= 15 is 0 Å². The van der Waals surface area contributed by atoms with Crippen LogP contribution in [-0.4, -0.2) is 49.4 Å². The molecule has 0 bridgehead atoms. The molecule has 2 N–H and O–H groups in total. The van der Waals surface area contributed by atoms with Crippen molar-refractivity contribution in [1.29, 1.82) is 0 Å². The highest BCUT2D eigenvalue weighted by atomic mass is 32.1. The van der Waals surface area contributed by atoms with Crippen LogP contribution in [0.2, 0.25) is 0 Å². The van der Waals surface area contributed by atoms with Gasteiger partial charge in [0.1, 0.15) is 0 Å². The van der Waals surface area contributed by atoms with E-state index in [1.165, 1.54) is 4.90 Å². The molecule has 0 saturated carbocycles.